The SMILES string of the molecule is O=C(O)c1c(NCC2CCC2)[nH]c2ccccc12. The Morgan fingerprint density at radius 1 is 1.39 bits per heavy atom. The van der Waals surface area contributed by atoms with Crippen molar-refractivity contribution in [2.75, 3.05) is 11.9 Å². The molecule has 1 aromatic heterocycles. The van der Waals surface area contributed by atoms with Crippen LogP contribution in [0.4, 0.5) is 5.82 Å². The van der Waals surface area contributed by atoms with E-state index in [1.165, 1.54) is 19.3 Å². The standard InChI is InChI=1S/C14H16N2O2/c17-14(18)12-10-6-1-2-7-11(10)16-13(12)15-8-9-4-3-5-9/h1-2,6-7,9,15-16H,3-5,8H2,(H,17,18). The first kappa shape index (κ1) is 11.1. The minimum atomic E-state index is -0.886. The second kappa shape index (κ2) is 4.37. The summed E-state index contributed by atoms with van der Waals surface area (Å²) in [5.74, 6) is 0.442. The van der Waals surface area contributed by atoms with Crippen molar-refractivity contribution in [1.29, 1.82) is 0 Å². The maximum Gasteiger partial charge on any atom is 0.340 e. The molecule has 0 radical (unpaired) electrons. The highest BCUT2D eigenvalue weighted by atomic mass is 16.4. The molecule has 0 saturated heterocycles. The van der Waals surface area contributed by atoms with Crippen molar-refractivity contribution in [3.63, 3.8) is 0 Å². The van der Waals surface area contributed by atoms with Crippen LogP contribution < -0.4 is 5.32 Å². The number of aromatic carboxylic acids is 1. The fourth-order valence-corrected chi connectivity index (χ4v) is 2.44. The summed E-state index contributed by atoms with van der Waals surface area (Å²) < 4.78 is 0. The van der Waals surface area contributed by atoms with Gasteiger partial charge in [0.25, 0.3) is 0 Å². The van der Waals surface area contributed by atoms with Gasteiger partial charge in [-0.3, -0.25) is 0 Å². The van der Waals surface area contributed by atoms with Gasteiger partial charge in [-0.25, -0.2) is 4.79 Å². The van der Waals surface area contributed by atoms with Crippen molar-refractivity contribution in [1.82, 2.24) is 4.98 Å². The lowest BCUT2D eigenvalue weighted by Crippen LogP contribution is -2.21. The molecule has 18 heavy (non-hydrogen) atoms. The van der Waals surface area contributed by atoms with Gasteiger partial charge in [-0.1, -0.05) is 24.6 Å². The van der Waals surface area contributed by atoms with E-state index in [1.54, 1.807) is 0 Å². The Bertz CT molecular complexity index is 584. The second-order valence-corrected chi connectivity index (χ2v) is 4.90. The lowest BCUT2D eigenvalue weighted by Gasteiger charge is -2.25. The van der Waals surface area contributed by atoms with Crippen molar-refractivity contribution >= 4 is 22.7 Å². The number of carboxylic acid groups (broad SMARTS) is 1. The Labute approximate surface area is 105 Å². The molecule has 1 aliphatic rings. The van der Waals surface area contributed by atoms with E-state index in [-0.39, 0.29) is 0 Å². The van der Waals surface area contributed by atoms with Crippen LogP contribution in [0, 0.1) is 5.92 Å². The molecule has 1 aliphatic carbocycles. The molecule has 0 amide bonds. The highest BCUT2D eigenvalue weighted by Gasteiger charge is 2.20. The van der Waals surface area contributed by atoms with Crippen LogP contribution in [0.3, 0.4) is 0 Å². The van der Waals surface area contributed by atoms with Crippen LogP contribution in [0.15, 0.2) is 24.3 Å². The summed E-state index contributed by atoms with van der Waals surface area (Å²) in [6.45, 7) is 0.854. The summed E-state index contributed by atoms with van der Waals surface area (Å²) >= 11 is 0. The van der Waals surface area contributed by atoms with Crippen molar-refractivity contribution in [3.05, 3.63) is 29.8 Å². The van der Waals surface area contributed by atoms with E-state index in [9.17, 15) is 9.90 Å². The summed E-state index contributed by atoms with van der Waals surface area (Å²) in [4.78, 5) is 14.5. The third kappa shape index (κ3) is 1.83. The Morgan fingerprint density at radius 3 is 2.83 bits per heavy atom. The van der Waals surface area contributed by atoms with Gasteiger partial charge in [0.2, 0.25) is 0 Å². The molecule has 94 valence electrons. The molecular weight excluding hydrogens is 228 g/mol. The molecular formula is C14H16N2O2. The van der Waals surface area contributed by atoms with Crippen LogP contribution in [-0.2, 0) is 0 Å². The Morgan fingerprint density at radius 2 is 2.17 bits per heavy atom. The van der Waals surface area contributed by atoms with Crippen molar-refractivity contribution in [2.24, 2.45) is 5.92 Å². The van der Waals surface area contributed by atoms with E-state index < -0.39 is 5.97 Å². The molecule has 4 nitrogen and oxygen atoms in total. The average molecular weight is 244 g/mol. The molecule has 0 bridgehead atoms. The number of H-pyrrole nitrogens is 1. The zero-order chi connectivity index (χ0) is 12.5. The summed E-state index contributed by atoms with van der Waals surface area (Å²) in [6.07, 6.45) is 3.79. The zero-order valence-electron chi connectivity index (χ0n) is 10.1. The van der Waals surface area contributed by atoms with Crippen molar-refractivity contribution in [3.8, 4) is 0 Å². The van der Waals surface area contributed by atoms with Crippen LogP contribution in [0.5, 0.6) is 0 Å². The van der Waals surface area contributed by atoms with E-state index in [2.05, 4.69) is 10.3 Å². The predicted octanol–water partition coefficient (Wildman–Crippen LogP) is 3.08. The molecule has 1 heterocycles. The number of rotatable bonds is 4. The number of carbonyl (C=O) groups is 1. The number of aromatic nitrogens is 1. The Hall–Kier alpha value is -1.97. The van der Waals surface area contributed by atoms with Crippen LogP contribution in [0.25, 0.3) is 10.9 Å². The van der Waals surface area contributed by atoms with Gasteiger partial charge in [-0.05, 0) is 24.8 Å². The van der Waals surface area contributed by atoms with Gasteiger partial charge in [0.1, 0.15) is 11.4 Å². The number of para-hydroxylation sites is 1. The molecule has 0 aliphatic heterocycles. The Kier molecular flexibility index (Phi) is 2.70. The fourth-order valence-electron chi connectivity index (χ4n) is 2.44. The molecule has 3 rings (SSSR count). The number of carboxylic acids is 1. The first-order valence-corrected chi connectivity index (χ1v) is 6.33. The molecule has 0 spiro atoms. The first-order chi connectivity index (χ1) is 8.75. The van der Waals surface area contributed by atoms with Crippen molar-refractivity contribution in [2.45, 2.75) is 19.3 Å². The second-order valence-electron chi connectivity index (χ2n) is 4.90. The van der Waals surface area contributed by atoms with Gasteiger partial charge in [0, 0.05) is 17.4 Å². The molecule has 4 heteroatoms. The van der Waals surface area contributed by atoms with Gasteiger partial charge in [-0.2, -0.15) is 0 Å². The Balaban J connectivity index is 1.93. The summed E-state index contributed by atoms with van der Waals surface area (Å²) in [6, 6.07) is 7.50. The summed E-state index contributed by atoms with van der Waals surface area (Å²) in [5, 5.41) is 13.3. The van der Waals surface area contributed by atoms with Crippen LogP contribution in [-0.4, -0.2) is 22.6 Å². The predicted molar refractivity (Wildman–Crippen MR) is 71.1 cm³/mol. The van der Waals surface area contributed by atoms with Gasteiger partial charge >= 0.3 is 5.97 Å². The largest absolute Gasteiger partial charge is 0.478 e. The van der Waals surface area contributed by atoms with Gasteiger partial charge in [0.15, 0.2) is 0 Å². The highest BCUT2D eigenvalue weighted by molar-refractivity contribution is 6.08. The number of fused-ring (bicyclic) bond motifs is 1. The number of nitrogens with one attached hydrogen (secondary N) is 2. The minimum absolute atomic E-state index is 0.352. The zero-order valence-corrected chi connectivity index (χ0v) is 10.1. The molecule has 3 N–H and O–H groups in total. The van der Waals surface area contributed by atoms with Crippen LogP contribution >= 0.6 is 0 Å². The van der Waals surface area contributed by atoms with Crippen LogP contribution in [0.1, 0.15) is 29.6 Å². The molecule has 2 aromatic rings. The van der Waals surface area contributed by atoms with E-state index in [0.717, 1.165) is 17.4 Å². The number of benzene rings is 1. The number of hydrogen-bond donors (Lipinski definition) is 3. The summed E-state index contributed by atoms with van der Waals surface area (Å²) in [7, 11) is 0. The molecule has 0 atom stereocenters. The van der Waals surface area contributed by atoms with Gasteiger partial charge in [0.05, 0.1) is 0 Å². The normalized spacial score (nSPS) is 15.6. The minimum Gasteiger partial charge on any atom is -0.478 e. The maximum atomic E-state index is 11.4. The number of anilines is 1. The quantitative estimate of drug-likeness (QED) is 0.774. The van der Waals surface area contributed by atoms with Crippen LogP contribution in [0.2, 0.25) is 0 Å². The number of hydrogen-bond acceptors (Lipinski definition) is 2. The smallest absolute Gasteiger partial charge is 0.340 e. The lowest BCUT2D eigenvalue weighted by atomic mass is 9.85. The van der Waals surface area contributed by atoms with E-state index in [0.29, 0.717) is 17.3 Å². The third-order valence-electron chi connectivity index (χ3n) is 3.71. The van der Waals surface area contributed by atoms with Crippen molar-refractivity contribution < 1.29 is 9.90 Å². The van der Waals surface area contributed by atoms with E-state index in [4.69, 9.17) is 0 Å². The van der Waals surface area contributed by atoms with Gasteiger partial charge in [-0.15, -0.1) is 0 Å². The number of aromatic amines is 1. The lowest BCUT2D eigenvalue weighted by molar-refractivity contribution is 0.0700. The maximum absolute atomic E-state index is 11.4. The van der Waals surface area contributed by atoms with E-state index in [1.807, 2.05) is 24.3 Å². The van der Waals surface area contributed by atoms with E-state index >= 15 is 0 Å². The van der Waals surface area contributed by atoms with Gasteiger partial charge < -0.3 is 15.4 Å². The molecule has 0 unspecified atom stereocenters. The molecule has 1 saturated carbocycles. The first-order valence-electron chi connectivity index (χ1n) is 6.33. The molecule has 1 fully saturated rings. The summed E-state index contributed by atoms with van der Waals surface area (Å²) in [5.41, 5.74) is 1.22. The fraction of sp³-hybridized carbons (Fsp3) is 0.357. The third-order valence-corrected chi connectivity index (χ3v) is 3.71. The highest BCUT2D eigenvalue weighted by Crippen LogP contribution is 2.29. The monoisotopic (exact) mass is 244 g/mol. The average Bonchev–Trinajstić information content (AvgIpc) is 2.65. The topological polar surface area (TPSA) is 65.1 Å². The molecule has 1 aromatic carbocycles.